The number of aliphatic imine (C=N–C) groups is 1. The second kappa shape index (κ2) is 12.6. The standard InChI is InChI=1S/C23H39N5O3/c1-4-24-23(25-8-5-6-9-27-11-13-31-14-12-27)26-19-7-10-28(18-19)20-15-21(29-2)17-22(16-20)30-3/h15-17,19H,4-14,18H2,1-3H3,(H2,24,25,26). The maximum atomic E-state index is 5.42. The number of hydrogen-bond donors (Lipinski definition) is 2. The van der Waals surface area contributed by atoms with E-state index >= 15 is 0 Å². The highest BCUT2D eigenvalue weighted by Gasteiger charge is 2.24. The highest BCUT2D eigenvalue weighted by Crippen LogP contribution is 2.30. The van der Waals surface area contributed by atoms with Crippen LogP contribution in [0.2, 0.25) is 0 Å². The first kappa shape index (κ1) is 23.5. The van der Waals surface area contributed by atoms with Gasteiger partial charge >= 0.3 is 0 Å². The number of guanidine groups is 1. The molecule has 0 radical (unpaired) electrons. The van der Waals surface area contributed by atoms with Crippen LogP contribution in [0.4, 0.5) is 5.69 Å². The van der Waals surface area contributed by atoms with Crippen molar-refractivity contribution >= 4 is 11.6 Å². The van der Waals surface area contributed by atoms with Crippen molar-refractivity contribution in [3.8, 4) is 11.5 Å². The minimum atomic E-state index is 0.364. The lowest BCUT2D eigenvalue weighted by Gasteiger charge is -2.26. The average molecular weight is 434 g/mol. The van der Waals surface area contributed by atoms with Crippen molar-refractivity contribution < 1.29 is 14.2 Å². The summed E-state index contributed by atoms with van der Waals surface area (Å²) in [5.41, 5.74) is 1.13. The molecule has 2 aliphatic heterocycles. The second-order valence-corrected chi connectivity index (χ2v) is 8.07. The Morgan fingerprint density at radius 1 is 1.10 bits per heavy atom. The first-order chi connectivity index (χ1) is 15.2. The number of methoxy groups -OCH3 is 2. The summed E-state index contributed by atoms with van der Waals surface area (Å²) in [6, 6.07) is 6.41. The van der Waals surface area contributed by atoms with Gasteiger partial charge in [-0.3, -0.25) is 9.89 Å². The third-order valence-corrected chi connectivity index (χ3v) is 5.83. The van der Waals surface area contributed by atoms with Gasteiger partial charge in [-0.15, -0.1) is 0 Å². The summed E-state index contributed by atoms with van der Waals surface area (Å²) < 4.78 is 16.3. The molecule has 1 atom stereocenters. The van der Waals surface area contributed by atoms with Crippen molar-refractivity contribution in [2.45, 2.75) is 32.2 Å². The van der Waals surface area contributed by atoms with Crippen LogP contribution >= 0.6 is 0 Å². The molecule has 1 aromatic carbocycles. The third kappa shape index (κ3) is 7.47. The molecule has 0 saturated carbocycles. The summed E-state index contributed by atoms with van der Waals surface area (Å²) >= 11 is 0. The van der Waals surface area contributed by atoms with Crippen LogP contribution in [-0.4, -0.2) is 90.1 Å². The molecule has 2 saturated heterocycles. The molecule has 0 bridgehead atoms. The van der Waals surface area contributed by atoms with E-state index in [9.17, 15) is 0 Å². The summed E-state index contributed by atoms with van der Waals surface area (Å²) in [5.74, 6) is 2.56. The van der Waals surface area contributed by atoms with Gasteiger partial charge in [0.2, 0.25) is 0 Å². The predicted molar refractivity (Wildman–Crippen MR) is 126 cm³/mol. The van der Waals surface area contributed by atoms with Gasteiger partial charge in [-0.05, 0) is 32.7 Å². The molecule has 0 amide bonds. The third-order valence-electron chi connectivity index (χ3n) is 5.83. The van der Waals surface area contributed by atoms with E-state index in [0.717, 1.165) is 95.0 Å². The van der Waals surface area contributed by atoms with E-state index in [4.69, 9.17) is 19.2 Å². The molecule has 0 spiro atoms. The van der Waals surface area contributed by atoms with E-state index in [1.54, 1.807) is 14.2 Å². The fraction of sp³-hybridized carbons (Fsp3) is 0.696. The molecule has 31 heavy (non-hydrogen) atoms. The van der Waals surface area contributed by atoms with Gasteiger partial charge in [0.1, 0.15) is 11.5 Å². The van der Waals surface area contributed by atoms with Crippen molar-refractivity contribution in [2.24, 2.45) is 4.99 Å². The molecule has 1 aromatic rings. The molecular weight excluding hydrogens is 394 g/mol. The summed E-state index contributed by atoms with van der Waals surface area (Å²) in [4.78, 5) is 9.66. The molecule has 8 heteroatoms. The van der Waals surface area contributed by atoms with E-state index in [1.165, 1.54) is 6.42 Å². The normalized spacial score (nSPS) is 20.0. The van der Waals surface area contributed by atoms with Crippen LogP contribution in [0.25, 0.3) is 0 Å². The van der Waals surface area contributed by atoms with Gasteiger partial charge in [-0.25, -0.2) is 0 Å². The van der Waals surface area contributed by atoms with Crippen molar-refractivity contribution in [1.29, 1.82) is 0 Å². The minimum absolute atomic E-state index is 0.364. The highest BCUT2D eigenvalue weighted by molar-refractivity contribution is 5.80. The SMILES string of the molecule is CCNC(=NCCCCN1CCOCC1)NC1CCN(c2cc(OC)cc(OC)c2)C1. The Balaban J connectivity index is 1.46. The molecule has 8 nitrogen and oxygen atoms in total. The summed E-state index contributed by atoms with van der Waals surface area (Å²) in [6.45, 7) is 10.7. The van der Waals surface area contributed by atoms with Gasteiger partial charge in [-0.2, -0.15) is 0 Å². The van der Waals surface area contributed by atoms with Gasteiger partial charge in [0.05, 0.1) is 27.4 Å². The fourth-order valence-electron chi connectivity index (χ4n) is 4.06. The molecule has 0 aliphatic carbocycles. The Hall–Kier alpha value is -2.19. The maximum absolute atomic E-state index is 5.42. The number of rotatable bonds is 10. The van der Waals surface area contributed by atoms with Gasteiger partial charge < -0.3 is 29.7 Å². The lowest BCUT2D eigenvalue weighted by Crippen LogP contribution is -2.44. The van der Waals surface area contributed by atoms with Gasteiger partial charge in [0.15, 0.2) is 5.96 Å². The highest BCUT2D eigenvalue weighted by atomic mass is 16.5. The Bertz CT molecular complexity index is 672. The largest absolute Gasteiger partial charge is 0.497 e. The maximum Gasteiger partial charge on any atom is 0.191 e. The molecule has 2 fully saturated rings. The van der Waals surface area contributed by atoms with E-state index in [0.29, 0.717) is 6.04 Å². The Labute approximate surface area is 186 Å². The Morgan fingerprint density at radius 3 is 2.52 bits per heavy atom. The van der Waals surface area contributed by atoms with Gasteiger partial charge in [-0.1, -0.05) is 0 Å². The molecule has 1 unspecified atom stereocenters. The molecule has 2 heterocycles. The van der Waals surface area contributed by atoms with Crippen molar-refractivity contribution in [1.82, 2.24) is 15.5 Å². The van der Waals surface area contributed by atoms with E-state index in [2.05, 4.69) is 39.5 Å². The zero-order chi connectivity index (χ0) is 21.9. The lowest BCUT2D eigenvalue weighted by molar-refractivity contribution is 0.0373. The molecule has 2 aliphatic rings. The number of unbranched alkanes of at least 4 members (excludes halogenated alkanes) is 1. The monoisotopic (exact) mass is 433 g/mol. The zero-order valence-corrected chi connectivity index (χ0v) is 19.4. The topological polar surface area (TPSA) is 70.6 Å². The number of ether oxygens (including phenoxy) is 3. The van der Waals surface area contributed by atoms with Crippen molar-refractivity contribution in [3.05, 3.63) is 18.2 Å². The van der Waals surface area contributed by atoms with E-state index in [1.807, 2.05) is 6.07 Å². The lowest BCUT2D eigenvalue weighted by atomic mass is 10.2. The van der Waals surface area contributed by atoms with Crippen molar-refractivity contribution in [2.75, 3.05) is 78.1 Å². The number of hydrogen-bond acceptors (Lipinski definition) is 6. The first-order valence-electron chi connectivity index (χ1n) is 11.5. The Morgan fingerprint density at radius 2 is 1.84 bits per heavy atom. The number of benzene rings is 1. The molecule has 3 rings (SSSR count). The first-order valence-corrected chi connectivity index (χ1v) is 11.5. The van der Waals surface area contributed by atoms with Crippen LogP contribution in [0.3, 0.4) is 0 Å². The zero-order valence-electron chi connectivity index (χ0n) is 19.4. The minimum Gasteiger partial charge on any atom is -0.497 e. The van der Waals surface area contributed by atoms with Crippen molar-refractivity contribution in [3.63, 3.8) is 0 Å². The second-order valence-electron chi connectivity index (χ2n) is 8.07. The van der Waals surface area contributed by atoms with Crippen LogP contribution in [-0.2, 0) is 4.74 Å². The van der Waals surface area contributed by atoms with Crippen LogP contribution in [0.1, 0.15) is 26.2 Å². The molecule has 174 valence electrons. The number of morpholine rings is 1. The van der Waals surface area contributed by atoms with Gasteiger partial charge in [0.25, 0.3) is 0 Å². The predicted octanol–water partition coefficient (Wildman–Crippen LogP) is 1.95. The van der Waals surface area contributed by atoms with Crippen LogP contribution in [0.5, 0.6) is 11.5 Å². The smallest absolute Gasteiger partial charge is 0.191 e. The quantitative estimate of drug-likeness (QED) is 0.332. The van der Waals surface area contributed by atoms with Crippen LogP contribution < -0.4 is 25.0 Å². The average Bonchev–Trinajstić information content (AvgIpc) is 3.27. The molecular formula is C23H39N5O3. The molecule has 0 aromatic heterocycles. The fourth-order valence-corrected chi connectivity index (χ4v) is 4.06. The van der Waals surface area contributed by atoms with Gasteiger partial charge in [0, 0.05) is 69.2 Å². The van der Waals surface area contributed by atoms with E-state index < -0.39 is 0 Å². The number of anilines is 1. The Kier molecular flexibility index (Phi) is 9.55. The van der Waals surface area contributed by atoms with E-state index in [-0.39, 0.29) is 0 Å². The van der Waals surface area contributed by atoms with Crippen LogP contribution in [0.15, 0.2) is 23.2 Å². The number of nitrogens with one attached hydrogen (secondary N) is 2. The summed E-state index contributed by atoms with van der Waals surface area (Å²) in [5, 5.41) is 7.02. The summed E-state index contributed by atoms with van der Waals surface area (Å²) in [7, 11) is 3.38. The van der Waals surface area contributed by atoms with Crippen LogP contribution in [0, 0.1) is 0 Å². The molecule has 2 N–H and O–H groups in total. The summed E-state index contributed by atoms with van der Waals surface area (Å²) in [6.07, 6.45) is 3.35. The number of nitrogens with zero attached hydrogens (tertiary/aromatic N) is 3.